The van der Waals surface area contributed by atoms with Crippen molar-refractivity contribution in [3.63, 3.8) is 0 Å². The molecule has 1 saturated carbocycles. The van der Waals surface area contributed by atoms with Crippen LogP contribution in [0, 0.1) is 5.41 Å². The van der Waals surface area contributed by atoms with Crippen LogP contribution in [-0.4, -0.2) is 45.7 Å². The van der Waals surface area contributed by atoms with Gasteiger partial charge in [-0.2, -0.15) is 5.10 Å². The summed E-state index contributed by atoms with van der Waals surface area (Å²) in [4.78, 5) is 11.9. The molecule has 1 heterocycles. The number of hydrogen-bond acceptors (Lipinski definition) is 4. The Labute approximate surface area is 125 Å². The molecule has 0 aromatic carbocycles. The highest BCUT2D eigenvalue weighted by molar-refractivity contribution is 5.78. The summed E-state index contributed by atoms with van der Waals surface area (Å²) in [7, 11) is 1.81. The van der Waals surface area contributed by atoms with Crippen molar-refractivity contribution in [3.05, 3.63) is 18.0 Å². The van der Waals surface area contributed by atoms with Gasteiger partial charge >= 0.3 is 0 Å². The molecule has 0 bridgehead atoms. The van der Waals surface area contributed by atoms with Crippen molar-refractivity contribution in [1.29, 1.82) is 0 Å². The lowest BCUT2D eigenvalue weighted by Crippen LogP contribution is -2.68. The van der Waals surface area contributed by atoms with E-state index in [2.05, 4.69) is 10.4 Å². The Morgan fingerprint density at radius 3 is 2.86 bits per heavy atom. The summed E-state index contributed by atoms with van der Waals surface area (Å²) >= 11 is 0. The second kappa shape index (κ2) is 5.77. The Hall–Kier alpha value is -1.40. The third-order valence-electron chi connectivity index (χ3n) is 4.60. The first-order chi connectivity index (χ1) is 9.78. The van der Waals surface area contributed by atoms with E-state index in [0.717, 1.165) is 5.56 Å². The highest BCUT2D eigenvalue weighted by Crippen LogP contribution is 2.50. The summed E-state index contributed by atoms with van der Waals surface area (Å²) in [6, 6.07) is 0. The second-order valence-electron chi connectivity index (χ2n) is 6.38. The first kappa shape index (κ1) is 16.0. The number of nitrogens with one attached hydrogen (secondary N) is 1. The van der Waals surface area contributed by atoms with Crippen LogP contribution in [0.25, 0.3) is 0 Å². The molecule has 0 saturated heterocycles. The average molecular weight is 295 g/mol. The van der Waals surface area contributed by atoms with E-state index in [-0.39, 0.29) is 30.4 Å². The molecule has 1 fully saturated rings. The third kappa shape index (κ3) is 3.11. The van der Waals surface area contributed by atoms with Crippen LogP contribution in [-0.2, 0) is 23.0 Å². The summed E-state index contributed by atoms with van der Waals surface area (Å²) in [5, 5.41) is 17.5. The molecule has 0 aliphatic heterocycles. The van der Waals surface area contributed by atoms with E-state index in [1.807, 2.05) is 34.0 Å². The van der Waals surface area contributed by atoms with E-state index in [1.54, 1.807) is 10.9 Å². The minimum atomic E-state index is -0.905. The van der Waals surface area contributed by atoms with Gasteiger partial charge in [-0.1, -0.05) is 13.8 Å². The van der Waals surface area contributed by atoms with Crippen LogP contribution < -0.4 is 5.32 Å². The van der Waals surface area contributed by atoms with Gasteiger partial charge in [0, 0.05) is 38.2 Å². The predicted octanol–water partition coefficient (Wildman–Crippen LogP) is 0.645. The van der Waals surface area contributed by atoms with Gasteiger partial charge in [0.05, 0.1) is 24.3 Å². The second-order valence-corrected chi connectivity index (χ2v) is 6.38. The average Bonchev–Trinajstić information content (AvgIpc) is 2.81. The predicted molar refractivity (Wildman–Crippen MR) is 78.7 cm³/mol. The molecular weight excluding hydrogens is 270 g/mol. The number of aryl methyl sites for hydroxylation is 1. The van der Waals surface area contributed by atoms with Gasteiger partial charge in [-0.25, -0.2) is 0 Å². The van der Waals surface area contributed by atoms with Crippen molar-refractivity contribution < 1.29 is 14.6 Å². The van der Waals surface area contributed by atoms with Gasteiger partial charge in [0.25, 0.3) is 0 Å². The lowest BCUT2D eigenvalue weighted by molar-refractivity contribution is -0.238. The minimum absolute atomic E-state index is 0.0442. The van der Waals surface area contributed by atoms with Crippen molar-refractivity contribution >= 4 is 5.91 Å². The molecule has 2 atom stereocenters. The zero-order chi connectivity index (χ0) is 15.7. The van der Waals surface area contributed by atoms with E-state index in [4.69, 9.17) is 4.74 Å². The van der Waals surface area contributed by atoms with Gasteiger partial charge in [0.1, 0.15) is 0 Å². The lowest BCUT2D eigenvalue weighted by atomic mass is 9.56. The lowest BCUT2D eigenvalue weighted by Gasteiger charge is -2.57. The maximum atomic E-state index is 11.9. The van der Waals surface area contributed by atoms with E-state index >= 15 is 0 Å². The Morgan fingerprint density at radius 1 is 1.62 bits per heavy atom. The fraction of sp³-hybridized carbons (Fsp3) is 0.733. The number of hydrogen-bond donors (Lipinski definition) is 2. The molecular formula is C15H25N3O3. The molecule has 2 N–H and O–H groups in total. The van der Waals surface area contributed by atoms with Crippen LogP contribution in [0.15, 0.2) is 12.4 Å². The number of aromatic nitrogens is 2. The standard InChI is InChI=1S/C15H25N3O3/c1-5-21-12-7-15(20,14(12,2)3)10-16-13(19)6-11-8-17-18(4)9-11/h8-9,12,20H,5-7,10H2,1-4H3,(H,16,19)/t12-,15-/m0/s1. The Kier molecular flexibility index (Phi) is 4.39. The third-order valence-corrected chi connectivity index (χ3v) is 4.60. The molecule has 0 unspecified atom stereocenters. The molecule has 21 heavy (non-hydrogen) atoms. The number of ether oxygens (including phenoxy) is 1. The summed E-state index contributed by atoms with van der Waals surface area (Å²) in [5.41, 5.74) is -0.399. The van der Waals surface area contributed by atoms with Crippen LogP contribution >= 0.6 is 0 Å². The van der Waals surface area contributed by atoms with Crippen molar-refractivity contribution in [2.24, 2.45) is 12.5 Å². The van der Waals surface area contributed by atoms with Gasteiger partial charge < -0.3 is 15.2 Å². The molecule has 1 aromatic rings. The quantitative estimate of drug-likeness (QED) is 0.808. The van der Waals surface area contributed by atoms with Crippen LogP contribution in [0.1, 0.15) is 32.8 Å². The molecule has 1 aliphatic carbocycles. The number of nitrogens with zero attached hydrogens (tertiary/aromatic N) is 2. The van der Waals surface area contributed by atoms with E-state index < -0.39 is 5.60 Å². The van der Waals surface area contributed by atoms with Crippen molar-refractivity contribution in [2.45, 2.75) is 45.3 Å². The Bertz CT molecular complexity index is 512. The van der Waals surface area contributed by atoms with Crippen LogP contribution in [0.2, 0.25) is 0 Å². The molecule has 1 aromatic heterocycles. The van der Waals surface area contributed by atoms with Crippen LogP contribution in [0.3, 0.4) is 0 Å². The summed E-state index contributed by atoms with van der Waals surface area (Å²) < 4.78 is 7.27. The monoisotopic (exact) mass is 295 g/mol. The molecule has 118 valence electrons. The minimum Gasteiger partial charge on any atom is -0.387 e. The summed E-state index contributed by atoms with van der Waals surface area (Å²) in [5.74, 6) is -0.105. The number of carbonyl (C=O) groups is 1. The van der Waals surface area contributed by atoms with Gasteiger partial charge in [-0.3, -0.25) is 9.48 Å². The van der Waals surface area contributed by atoms with Crippen molar-refractivity contribution in [3.8, 4) is 0 Å². The number of rotatable bonds is 6. The van der Waals surface area contributed by atoms with Gasteiger partial charge in [0.15, 0.2) is 0 Å². The fourth-order valence-corrected chi connectivity index (χ4v) is 2.82. The largest absolute Gasteiger partial charge is 0.387 e. The number of aliphatic hydroxyl groups is 1. The molecule has 6 heteroatoms. The molecule has 0 spiro atoms. The van der Waals surface area contributed by atoms with Crippen molar-refractivity contribution in [1.82, 2.24) is 15.1 Å². The first-order valence-corrected chi connectivity index (χ1v) is 7.36. The van der Waals surface area contributed by atoms with Crippen LogP contribution in [0.4, 0.5) is 0 Å². The van der Waals surface area contributed by atoms with Gasteiger partial charge in [-0.15, -0.1) is 0 Å². The zero-order valence-electron chi connectivity index (χ0n) is 13.2. The Balaban J connectivity index is 1.84. The number of amides is 1. The molecule has 1 amide bonds. The van der Waals surface area contributed by atoms with Crippen LogP contribution in [0.5, 0.6) is 0 Å². The SMILES string of the molecule is CCO[C@H]1C[C@](O)(CNC(=O)Cc2cnn(C)c2)C1(C)C. The maximum Gasteiger partial charge on any atom is 0.224 e. The zero-order valence-corrected chi connectivity index (χ0v) is 13.2. The molecule has 6 nitrogen and oxygen atoms in total. The fourth-order valence-electron chi connectivity index (χ4n) is 2.82. The smallest absolute Gasteiger partial charge is 0.224 e. The van der Waals surface area contributed by atoms with E-state index in [0.29, 0.717) is 13.0 Å². The highest BCUT2D eigenvalue weighted by Gasteiger charge is 2.59. The number of carbonyl (C=O) groups excluding carboxylic acids is 1. The molecule has 2 rings (SSSR count). The van der Waals surface area contributed by atoms with E-state index in [1.165, 1.54) is 0 Å². The highest BCUT2D eigenvalue weighted by atomic mass is 16.5. The summed E-state index contributed by atoms with van der Waals surface area (Å²) in [6.07, 6.45) is 4.36. The normalized spacial score (nSPS) is 27.2. The van der Waals surface area contributed by atoms with E-state index in [9.17, 15) is 9.90 Å². The summed E-state index contributed by atoms with van der Waals surface area (Å²) in [6.45, 7) is 6.79. The van der Waals surface area contributed by atoms with Crippen molar-refractivity contribution in [2.75, 3.05) is 13.2 Å². The first-order valence-electron chi connectivity index (χ1n) is 7.36. The van der Waals surface area contributed by atoms with Gasteiger partial charge in [0.2, 0.25) is 5.91 Å². The molecule has 1 aliphatic rings. The molecule has 0 radical (unpaired) electrons. The Morgan fingerprint density at radius 2 is 2.33 bits per heavy atom. The van der Waals surface area contributed by atoms with Gasteiger partial charge in [-0.05, 0) is 12.5 Å². The maximum absolute atomic E-state index is 11.9. The topological polar surface area (TPSA) is 76.4 Å².